The molecule has 1 aliphatic carbocycles. The summed E-state index contributed by atoms with van der Waals surface area (Å²) in [5.41, 5.74) is 9.31. The lowest BCUT2D eigenvalue weighted by atomic mass is 10.0. The van der Waals surface area contributed by atoms with Gasteiger partial charge in [-0.15, -0.1) is 0 Å². The largest absolute Gasteiger partial charge is 0.493 e. The number of nitrogens with two attached hydrogens (primary N) is 1. The van der Waals surface area contributed by atoms with Crippen LogP contribution < -0.4 is 15.8 Å². The fourth-order valence-corrected chi connectivity index (χ4v) is 3.36. The molecule has 1 aliphatic rings. The lowest BCUT2D eigenvalue weighted by Gasteiger charge is -2.14. The number of aromatic nitrogens is 2. The average Bonchev–Trinajstić information content (AvgIpc) is 3.64. The van der Waals surface area contributed by atoms with E-state index in [4.69, 9.17) is 15.9 Å². The zero-order chi connectivity index (χ0) is 23.2. The zero-order valence-corrected chi connectivity index (χ0v) is 18.4. The number of rotatable bonds is 9. The number of ether oxygens (including phenoxy) is 1. The topological polar surface area (TPSA) is 126 Å². The number of benzene rings is 1. The fraction of sp³-hybridized carbons (Fsp3) is 0.240. The van der Waals surface area contributed by atoms with E-state index in [1.165, 1.54) is 12.8 Å². The second kappa shape index (κ2) is 10.0. The Hall–Kier alpha value is -4.07. The van der Waals surface area contributed by atoms with E-state index >= 15 is 0 Å². The monoisotopic (exact) mass is 442 g/mol. The summed E-state index contributed by atoms with van der Waals surface area (Å²) >= 11 is 0. The van der Waals surface area contributed by atoms with Crippen molar-refractivity contribution in [3.8, 4) is 16.9 Å². The minimum Gasteiger partial charge on any atom is -0.493 e. The minimum atomic E-state index is -0.342. The van der Waals surface area contributed by atoms with Gasteiger partial charge in [-0.2, -0.15) is 0 Å². The molecule has 0 unspecified atom stereocenters. The zero-order valence-electron chi connectivity index (χ0n) is 18.4. The van der Waals surface area contributed by atoms with Crippen LogP contribution in [0, 0.1) is 18.3 Å². The molecule has 1 saturated carbocycles. The van der Waals surface area contributed by atoms with E-state index in [0.717, 1.165) is 35.5 Å². The number of pyridine rings is 2. The van der Waals surface area contributed by atoms with E-state index in [0.29, 0.717) is 29.4 Å². The van der Waals surface area contributed by atoms with Crippen LogP contribution >= 0.6 is 0 Å². The number of amides is 1. The van der Waals surface area contributed by atoms with Gasteiger partial charge in [-0.25, -0.2) is 9.98 Å². The van der Waals surface area contributed by atoms with Gasteiger partial charge in [0.05, 0.1) is 12.2 Å². The Morgan fingerprint density at radius 2 is 2.06 bits per heavy atom. The summed E-state index contributed by atoms with van der Waals surface area (Å²) in [6.45, 7) is 2.50. The van der Waals surface area contributed by atoms with Gasteiger partial charge in [0.1, 0.15) is 23.6 Å². The minimum absolute atomic E-state index is 0.0964. The van der Waals surface area contributed by atoms with Crippen LogP contribution in [0.2, 0.25) is 0 Å². The van der Waals surface area contributed by atoms with Crippen molar-refractivity contribution < 1.29 is 9.53 Å². The second-order valence-electron chi connectivity index (χ2n) is 7.99. The number of nitrogens with zero attached hydrogens (tertiary/aromatic N) is 3. The van der Waals surface area contributed by atoms with Crippen LogP contribution in [0.15, 0.2) is 59.7 Å². The molecule has 1 fully saturated rings. The number of anilines is 1. The van der Waals surface area contributed by atoms with Crippen LogP contribution in [-0.4, -0.2) is 34.7 Å². The van der Waals surface area contributed by atoms with Crippen molar-refractivity contribution in [2.75, 3.05) is 11.9 Å². The summed E-state index contributed by atoms with van der Waals surface area (Å²) in [6, 6.07) is 14.5. The van der Waals surface area contributed by atoms with Gasteiger partial charge in [0.25, 0.3) is 5.91 Å². The number of amidine groups is 1. The van der Waals surface area contributed by atoms with E-state index < -0.39 is 0 Å². The van der Waals surface area contributed by atoms with Gasteiger partial charge in [-0.1, -0.05) is 31.0 Å². The molecule has 0 saturated heterocycles. The Bertz CT molecular complexity index is 1190. The summed E-state index contributed by atoms with van der Waals surface area (Å²) in [5.74, 6) is 1.34. The molecule has 168 valence electrons. The first-order valence-electron chi connectivity index (χ1n) is 10.8. The maximum absolute atomic E-state index is 13.2. The Morgan fingerprint density at radius 1 is 1.24 bits per heavy atom. The Balaban J connectivity index is 1.61. The normalized spacial score (nSPS) is 13.4. The van der Waals surface area contributed by atoms with E-state index in [9.17, 15) is 4.79 Å². The highest BCUT2D eigenvalue weighted by Crippen LogP contribution is 2.33. The molecule has 2 heterocycles. The van der Waals surface area contributed by atoms with Crippen LogP contribution in [0.5, 0.6) is 5.75 Å². The van der Waals surface area contributed by atoms with E-state index in [-0.39, 0.29) is 11.7 Å². The molecule has 8 nitrogen and oxygen atoms in total. The number of hydrogen-bond donors (Lipinski definition) is 3. The molecule has 0 spiro atoms. The molecule has 4 rings (SSSR count). The smallest absolute Gasteiger partial charge is 0.260 e. The van der Waals surface area contributed by atoms with Crippen LogP contribution in [0.4, 0.5) is 5.82 Å². The first-order valence-corrected chi connectivity index (χ1v) is 10.8. The molecule has 1 aromatic carbocycles. The summed E-state index contributed by atoms with van der Waals surface area (Å²) in [7, 11) is 0. The van der Waals surface area contributed by atoms with Crippen LogP contribution in [0.25, 0.3) is 11.1 Å². The van der Waals surface area contributed by atoms with Gasteiger partial charge in [0.2, 0.25) is 0 Å². The Kier molecular flexibility index (Phi) is 6.73. The highest BCUT2D eigenvalue weighted by Gasteiger charge is 2.22. The maximum Gasteiger partial charge on any atom is 0.260 e. The summed E-state index contributed by atoms with van der Waals surface area (Å²) in [4.78, 5) is 25.7. The van der Waals surface area contributed by atoms with Crippen molar-refractivity contribution in [2.24, 2.45) is 16.6 Å². The SMILES string of the molecule is Cc1ccc(-c2ccc(OCCC3CC3)c(C(=O)Nc3cccc(C(N)=NC=N)n3)c2)cn1. The standard InChI is InChI=1S/C25H26N6O2/c1-16-5-8-19(14-28-16)18-9-10-22(33-12-11-17-6-7-17)20(13-18)25(32)31-23-4-2-3-21(30-23)24(27)29-15-26/h2-5,8-10,13-15,17H,6-7,11-12H2,1H3,(H3,26,27,29)(H,30,31,32). The lowest BCUT2D eigenvalue weighted by molar-refractivity contribution is 0.102. The predicted molar refractivity (Wildman–Crippen MR) is 129 cm³/mol. The molecule has 0 bridgehead atoms. The molecular formula is C25H26N6O2. The summed E-state index contributed by atoms with van der Waals surface area (Å²) in [6.07, 6.45) is 6.13. The van der Waals surface area contributed by atoms with Crippen LogP contribution in [0.1, 0.15) is 41.0 Å². The molecule has 8 heteroatoms. The Morgan fingerprint density at radius 3 is 2.79 bits per heavy atom. The van der Waals surface area contributed by atoms with Gasteiger partial charge < -0.3 is 15.8 Å². The molecule has 2 aromatic heterocycles. The number of carbonyl (C=O) groups is 1. The highest BCUT2D eigenvalue weighted by molar-refractivity contribution is 6.07. The van der Waals surface area contributed by atoms with Crippen molar-refractivity contribution in [3.05, 3.63) is 71.7 Å². The third-order valence-electron chi connectivity index (χ3n) is 5.41. The first-order chi connectivity index (χ1) is 16.0. The lowest BCUT2D eigenvalue weighted by Crippen LogP contribution is -2.18. The molecule has 1 amide bonds. The van der Waals surface area contributed by atoms with E-state index in [1.54, 1.807) is 24.4 Å². The number of nitrogens with one attached hydrogen (secondary N) is 2. The van der Waals surface area contributed by atoms with Gasteiger partial charge >= 0.3 is 0 Å². The van der Waals surface area contributed by atoms with Crippen molar-refractivity contribution in [2.45, 2.75) is 26.2 Å². The second-order valence-corrected chi connectivity index (χ2v) is 7.99. The van der Waals surface area contributed by atoms with Crippen molar-refractivity contribution >= 4 is 23.9 Å². The predicted octanol–water partition coefficient (Wildman–Crippen LogP) is 4.20. The molecule has 4 N–H and O–H groups in total. The highest BCUT2D eigenvalue weighted by atomic mass is 16.5. The maximum atomic E-state index is 13.2. The Labute approximate surface area is 192 Å². The number of aliphatic imine (C=N–C) groups is 1. The summed E-state index contributed by atoms with van der Waals surface area (Å²) < 4.78 is 5.99. The first kappa shape index (κ1) is 22.1. The molecule has 0 radical (unpaired) electrons. The van der Waals surface area contributed by atoms with Crippen molar-refractivity contribution in [1.29, 1.82) is 5.41 Å². The quantitative estimate of drug-likeness (QED) is 0.338. The number of hydrogen-bond acceptors (Lipinski definition) is 5. The van der Waals surface area contributed by atoms with Crippen LogP contribution in [-0.2, 0) is 0 Å². The van der Waals surface area contributed by atoms with E-state index in [2.05, 4.69) is 20.3 Å². The molecule has 3 aromatic rings. The fourth-order valence-electron chi connectivity index (χ4n) is 3.36. The van der Waals surface area contributed by atoms with Crippen molar-refractivity contribution in [3.63, 3.8) is 0 Å². The van der Waals surface area contributed by atoms with Gasteiger partial charge in [0.15, 0.2) is 5.84 Å². The van der Waals surface area contributed by atoms with Gasteiger partial charge in [-0.05, 0) is 55.2 Å². The number of aryl methyl sites for hydroxylation is 1. The molecule has 0 atom stereocenters. The number of carbonyl (C=O) groups excluding carboxylic acids is 1. The van der Waals surface area contributed by atoms with Crippen molar-refractivity contribution in [1.82, 2.24) is 9.97 Å². The summed E-state index contributed by atoms with van der Waals surface area (Å²) in [5, 5.41) is 9.89. The average molecular weight is 443 g/mol. The van der Waals surface area contributed by atoms with Crippen LogP contribution in [0.3, 0.4) is 0 Å². The third-order valence-corrected chi connectivity index (χ3v) is 5.41. The third kappa shape index (κ3) is 5.79. The molecular weight excluding hydrogens is 416 g/mol. The molecule has 0 aliphatic heterocycles. The van der Waals surface area contributed by atoms with Gasteiger partial charge in [0, 0.05) is 17.5 Å². The molecule has 33 heavy (non-hydrogen) atoms. The van der Waals surface area contributed by atoms with E-state index in [1.807, 2.05) is 37.3 Å². The van der Waals surface area contributed by atoms with Gasteiger partial charge in [-0.3, -0.25) is 15.2 Å².